The Morgan fingerprint density at radius 3 is 2.00 bits per heavy atom. The summed E-state index contributed by atoms with van der Waals surface area (Å²) in [5, 5.41) is 7.07. The van der Waals surface area contributed by atoms with Crippen LogP contribution in [0, 0.1) is 17.2 Å². The average Bonchev–Trinajstić information content (AvgIpc) is 1.90. The highest BCUT2D eigenvalue weighted by Crippen LogP contribution is 2.15. The van der Waals surface area contributed by atoms with Crippen molar-refractivity contribution in [2.75, 3.05) is 0 Å². The van der Waals surface area contributed by atoms with Crippen molar-refractivity contribution in [1.82, 2.24) is 0 Å². The van der Waals surface area contributed by atoms with Gasteiger partial charge in [0.1, 0.15) is 0 Å². The summed E-state index contributed by atoms with van der Waals surface area (Å²) in [5.74, 6) is 1.20. The van der Waals surface area contributed by atoms with Crippen LogP contribution >= 0.6 is 0 Å². The second-order valence-electron chi connectivity index (χ2n) is 2.62. The molecule has 9 heavy (non-hydrogen) atoms. The molecule has 0 bridgehead atoms. The zero-order valence-corrected chi connectivity index (χ0v) is 6.65. The summed E-state index contributed by atoms with van der Waals surface area (Å²) in [6, 6.07) is 0. The molecule has 0 aliphatic rings. The topological polar surface area (TPSA) is 23.9 Å². The fourth-order valence-corrected chi connectivity index (χ4v) is 0.987. The lowest BCUT2D eigenvalue weighted by molar-refractivity contribution is 0.435. The molecular weight excluding hydrogens is 110 g/mol. The third kappa shape index (κ3) is 2.64. The number of hydrogen-bond donors (Lipinski definition) is 1. The minimum Gasteiger partial charge on any atom is -0.313 e. The smallest absolute Gasteiger partial charge is 0.00142 e. The first-order valence-corrected chi connectivity index (χ1v) is 3.76. The lowest BCUT2D eigenvalue weighted by atomic mass is 9.91. The zero-order valence-electron chi connectivity index (χ0n) is 6.65. The Morgan fingerprint density at radius 1 is 1.33 bits per heavy atom. The van der Waals surface area contributed by atoms with Crippen LogP contribution in [0.25, 0.3) is 0 Å². The molecule has 54 valence electrons. The summed E-state index contributed by atoms with van der Waals surface area (Å²) in [4.78, 5) is 0. The van der Waals surface area contributed by atoms with Crippen LogP contribution in [-0.2, 0) is 0 Å². The van der Waals surface area contributed by atoms with Crippen molar-refractivity contribution in [3.05, 3.63) is 0 Å². The molecule has 0 aromatic heterocycles. The lowest BCUT2D eigenvalue weighted by Gasteiger charge is -2.15. The van der Waals surface area contributed by atoms with Gasteiger partial charge in [-0.05, 0) is 24.5 Å². The van der Waals surface area contributed by atoms with Gasteiger partial charge >= 0.3 is 0 Å². The summed E-state index contributed by atoms with van der Waals surface area (Å²) in [7, 11) is 0. The molecule has 0 aliphatic carbocycles. The molecule has 0 fully saturated rings. The summed E-state index contributed by atoms with van der Waals surface area (Å²) in [6.45, 7) is 6.53. The fourth-order valence-electron chi connectivity index (χ4n) is 0.987. The van der Waals surface area contributed by atoms with Crippen molar-refractivity contribution >= 4 is 6.21 Å². The second-order valence-corrected chi connectivity index (χ2v) is 2.62. The highest BCUT2D eigenvalue weighted by atomic mass is 14.4. The maximum Gasteiger partial charge on any atom is -0.00142 e. The molecule has 1 heteroatoms. The first-order chi connectivity index (χ1) is 4.26. The highest BCUT2D eigenvalue weighted by molar-refractivity contribution is 5.56. The van der Waals surface area contributed by atoms with Crippen molar-refractivity contribution < 1.29 is 0 Å². The Kier molecular flexibility index (Phi) is 4.37. The Hall–Kier alpha value is -0.330. The van der Waals surface area contributed by atoms with E-state index in [-0.39, 0.29) is 0 Å². The van der Waals surface area contributed by atoms with Crippen LogP contribution in [0.2, 0.25) is 0 Å². The predicted molar refractivity (Wildman–Crippen MR) is 42.0 cm³/mol. The molecule has 0 aromatic rings. The summed E-state index contributed by atoms with van der Waals surface area (Å²) in [5.41, 5.74) is 0. The third-order valence-corrected chi connectivity index (χ3v) is 2.06. The minimum absolute atomic E-state index is 0.509. The van der Waals surface area contributed by atoms with Crippen LogP contribution in [0.1, 0.15) is 33.6 Å². The molecule has 1 nitrogen and oxygen atoms in total. The monoisotopic (exact) mass is 127 g/mol. The van der Waals surface area contributed by atoms with Crippen LogP contribution in [0.3, 0.4) is 0 Å². The number of nitrogens with one attached hydrogen (secondary N) is 1. The van der Waals surface area contributed by atoms with Crippen molar-refractivity contribution in [3.63, 3.8) is 0 Å². The molecule has 0 rings (SSSR count). The van der Waals surface area contributed by atoms with Crippen molar-refractivity contribution in [1.29, 1.82) is 5.41 Å². The van der Waals surface area contributed by atoms with Crippen LogP contribution < -0.4 is 0 Å². The quantitative estimate of drug-likeness (QED) is 0.561. The average molecular weight is 127 g/mol. The minimum atomic E-state index is 0.509. The van der Waals surface area contributed by atoms with Crippen LogP contribution in [0.4, 0.5) is 0 Å². The summed E-state index contributed by atoms with van der Waals surface area (Å²) >= 11 is 0. The van der Waals surface area contributed by atoms with E-state index in [0.717, 1.165) is 6.42 Å². The van der Waals surface area contributed by atoms with Gasteiger partial charge in [-0.25, -0.2) is 0 Å². The first kappa shape index (κ1) is 8.67. The van der Waals surface area contributed by atoms with Gasteiger partial charge < -0.3 is 5.41 Å². The normalized spacial score (nSPS) is 16.8. The van der Waals surface area contributed by atoms with E-state index in [1.54, 1.807) is 6.21 Å². The molecule has 0 amide bonds. The van der Waals surface area contributed by atoms with Gasteiger partial charge in [-0.15, -0.1) is 0 Å². The van der Waals surface area contributed by atoms with Gasteiger partial charge in [0.05, 0.1) is 0 Å². The Morgan fingerprint density at radius 2 is 1.89 bits per heavy atom. The molecule has 0 radical (unpaired) electrons. The number of rotatable bonds is 4. The molecular formula is C8H17N. The van der Waals surface area contributed by atoms with Crippen LogP contribution in [-0.4, -0.2) is 6.21 Å². The molecule has 0 saturated carbocycles. The summed E-state index contributed by atoms with van der Waals surface area (Å²) < 4.78 is 0. The molecule has 0 aliphatic heterocycles. The van der Waals surface area contributed by atoms with E-state index in [0.29, 0.717) is 11.8 Å². The van der Waals surface area contributed by atoms with E-state index in [4.69, 9.17) is 5.41 Å². The van der Waals surface area contributed by atoms with E-state index < -0.39 is 0 Å². The van der Waals surface area contributed by atoms with Gasteiger partial charge in [-0.3, -0.25) is 0 Å². The predicted octanol–water partition coefficient (Wildman–Crippen LogP) is 2.71. The van der Waals surface area contributed by atoms with E-state index in [2.05, 4.69) is 20.8 Å². The van der Waals surface area contributed by atoms with Gasteiger partial charge in [0, 0.05) is 0 Å². The highest BCUT2D eigenvalue weighted by Gasteiger charge is 2.09. The summed E-state index contributed by atoms with van der Waals surface area (Å²) in [6.07, 6.45) is 3.88. The van der Waals surface area contributed by atoms with Crippen LogP contribution in [0.5, 0.6) is 0 Å². The molecule has 0 saturated heterocycles. The molecule has 0 spiro atoms. The van der Waals surface area contributed by atoms with Crippen molar-refractivity contribution in [2.24, 2.45) is 11.8 Å². The molecule has 1 N–H and O–H groups in total. The molecule has 1 unspecified atom stereocenters. The van der Waals surface area contributed by atoms with Gasteiger partial charge in [0.15, 0.2) is 0 Å². The van der Waals surface area contributed by atoms with Crippen LogP contribution in [0.15, 0.2) is 0 Å². The third-order valence-electron chi connectivity index (χ3n) is 2.06. The fraction of sp³-hybridized carbons (Fsp3) is 0.875. The van der Waals surface area contributed by atoms with Gasteiger partial charge in [-0.2, -0.15) is 0 Å². The maximum absolute atomic E-state index is 7.07. The molecule has 2 atom stereocenters. The SMILES string of the molecule is CCC(C=N)[C@@H](C)CC. The van der Waals surface area contributed by atoms with E-state index in [1.165, 1.54) is 6.42 Å². The van der Waals surface area contributed by atoms with E-state index in [9.17, 15) is 0 Å². The molecule has 0 aromatic carbocycles. The van der Waals surface area contributed by atoms with Crippen molar-refractivity contribution in [2.45, 2.75) is 33.6 Å². The zero-order chi connectivity index (χ0) is 7.28. The lowest BCUT2D eigenvalue weighted by Crippen LogP contribution is -2.10. The van der Waals surface area contributed by atoms with Gasteiger partial charge in [0.2, 0.25) is 0 Å². The van der Waals surface area contributed by atoms with E-state index >= 15 is 0 Å². The maximum atomic E-state index is 7.07. The Bertz CT molecular complexity index is 78.6. The second kappa shape index (κ2) is 4.54. The largest absolute Gasteiger partial charge is 0.313 e. The van der Waals surface area contributed by atoms with Gasteiger partial charge in [-0.1, -0.05) is 27.2 Å². The Balaban J connectivity index is 3.63. The standard InChI is InChI=1S/C8H17N/c1-4-7(3)8(5-2)6-9/h6-9H,4-5H2,1-3H3/t7-,8?/m0/s1. The van der Waals surface area contributed by atoms with Gasteiger partial charge in [0.25, 0.3) is 0 Å². The number of hydrogen-bond acceptors (Lipinski definition) is 1. The first-order valence-electron chi connectivity index (χ1n) is 3.76. The van der Waals surface area contributed by atoms with E-state index in [1.807, 2.05) is 0 Å². The Labute approximate surface area is 58.0 Å². The molecule has 0 heterocycles. The van der Waals surface area contributed by atoms with Crippen molar-refractivity contribution in [3.8, 4) is 0 Å².